The highest BCUT2D eigenvalue weighted by Crippen LogP contribution is 2.25. The molecule has 20 heavy (non-hydrogen) atoms. The fourth-order valence-corrected chi connectivity index (χ4v) is 3.06. The van der Waals surface area contributed by atoms with Crippen LogP contribution in [0.4, 0.5) is 0 Å². The van der Waals surface area contributed by atoms with Crippen LogP contribution < -0.4 is 5.32 Å². The van der Waals surface area contributed by atoms with Gasteiger partial charge in [-0.25, -0.2) is 0 Å². The van der Waals surface area contributed by atoms with Gasteiger partial charge in [-0.15, -0.1) is 0 Å². The highest BCUT2D eigenvalue weighted by molar-refractivity contribution is 5.89. The molecule has 0 aromatic rings. The fraction of sp³-hybridized carbons (Fsp3) is 0.786. The molecule has 6 heteroatoms. The van der Waals surface area contributed by atoms with Crippen LogP contribution in [-0.4, -0.2) is 46.9 Å². The number of likely N-dealkylation sites (tertiary alicyclic amines) is 1. The van der Waals surface area contributed by atoms with E-state index < -0.39 is 5.97 Å². The molecule has 112 valence electrons. The van der Waals surface area contributed by atoms with Gasteiger partial charge in [-0.3, -0.25) is 14.4 Å². The van der Waals surface area contributed by atoms with Crippen LogP contribution in [0, 0.1) is 11.8 Å². The molecule has 1 unspecified atom stereocenters. The van der Waals surface area contributed by atoms with E-state index in [4.69, 9.17) is 5.11 Å². The van der Waals surface area contributed by atoms with Gasteiger partial charge in [0.25, 0.3) is 0 Å². The van der Waals surface area contributed by atoms with Crippen LogP contribution in [0.15, 0.2) is 0 Å². The Balaban J connectivity index is 1.79. The lowest BCUT2D eigenvalue weighted by Gasteiger charge is -2.27. The normalized spacial score (nSPS) is 30.4. The number of aliphatic carboxylic acids is 1. The molecule has 0 spiro atoms. The number of amides is 2. The van der Waals surface area contributed by atoms with Crippen molar-refractivity contribution in [2.24, 2.45) is 11.8 Å². The Bertz CT molecular complexity index is 402. The van der Waals surface area contributed by atoms with Crippen LogP contribution in [-0.2, 0) is 14.4 Å². The molecule has 1 heterocycles. The summed E-state index contributed by atoms with van der Waals surface area (Å²) in [6.45, 7) is 3.06. The highest BCUT2D eigenvalue weighted by Gasteiger charge is 2.35. The van der Waals surface area contributed by atoms with Crippen molar-refractivity contribution in [1.29, 1.82) is 0 Å². The van der Waals surface area contributed by atoms with Gasteiger partial charge in [-0.2, -0.15) is 0 Å². The lowest BCUT2D eigenvalue weighted by molar-refractivity contribution is -0.143. The van der Waals surface area contributed by atoms with Crippen molar-refractivity contribution < 1.29 is 19.5 Å². The molecule has 1 aliphatic heterocycles. The van der Waals surface area contributed by atoms with Crippen molar-refractivity contribution in [3.8, 4) is 0 Å². The van der Waals surface area contributed by atoms with E-state index in [9.17, 15) is 14.4 Å². The largest absolute Gasteiger partial charge is 0.481 e. The van der Waals surface area contributed by atoms with E-state index in [2.05, 4.69) is 5.32 Å². The number of nitrogens with zero attached hydrogens (tertiary/aromatic N) is 1. The van der Waals surface area contributed by atoms with Crippen molar-refractivity contribution >= 4 is 17.8 Å². The Kier molecular flexibility index (Phi) is 4.62. The minimum Gasteiger partial charge on any atom is -0.481 e. The second-order valence-electron chi connectivity index (χ2n) is 5.73. The van der Waals surface area contributed by atoms with Crippen molar-refractivity contribution in [1.82, 2.24) is 10.2 Å². The predicted octanol–water partition coefficient (Wildman–Crippen LogP) is 0.614. The van der Waals surface area contributed by atoms with E-state index in [0.29, 0.717) is 45.2 Å². The number of carbonyl (C=O) groups excluding carboxylic acids is 2. The van der Waals surface area contributed by atoms with E-state index in [1.165, 1.54) is 0 Å². The Morgan fingerprint density at radius 1 is 1.25 bits per heavy atom. The molecule has 2 rings (SSSR count). The SMILES string of the molecule is CCN1CC(C(=O)NC2CCC(C(=O)O)CC2)CC1=O. The molecule has 1 aliphatic carbocycles. The van der Waals surface area contributed by atoms with Crippen LogP contribution in [0.25, 0.3) is 0 Å². The first-order valence-corrected chi connectivity index (χ1v) is 7.32. The zero-order valence-corrected chi connectivity index (χ0v) is 11.8. The second-order valence-corrected chi connectivity index (χ2v) is 5.73. The molecule has 2 amide bonds. The van der Waals surface area contributed by atoms with Gasteiger partial charge in [0.15, 0.2) is 0 Å². The van der Waals surface area contributed by atoms with Crippen molar-refractivity contribution in [2.45, 2.75) is 45.1 Å². The summed E-state index contributed by atoms with van der Waals surface area (Å²) in [5.74, 6) is -1.28. The van der Waals surface area contributed by atoms with Gasteiger partial charge in [0.05, 0.1) is 11.8 Å². The van der Waals surface area contributed by atoms with Crippen molar-refractivity contribution in [3.63, 3.8) is 0 Å². The van der Waals surface area contributed by atoms with Crippen LogP contribution in [0.1, 0.15) is 39.0 Å². The lowest BCUT2D eigenvalue weighted by Crippen LogP contribution is -2.42. The molecule has 0 aromatic carbocycles. The number of carboxylic acids is 1. The average molecular weight is 282 g/mol. The van der Waals surface area contributed by atoms with Gasteiger partial charge in [-0.05, 0) is 32.6 Å². The summed E-state index contributed by atoms with van der Waals surface area (Å²) < 4.78 is 0. The average Bonchev–Trinajstić information content (AvgIpc) is 2.80. The monoisotopic (exact) mass is 282 g/mol. The summed E-state index contributed by atoms with van der Waals surface area (Å²) in [7, 11) is 0. The summed E-state index contributed by atoms with van der Waals surface area (Å²) in [5, 5.41) is 11.9. The highest BCUT2D eigenvalue weighted by atomic mass is 16.4. The van der Waals surface area contributed by atoms with E-state index >= 15 is 0 Å². The first-order chi connectivity index (χ1) is 9.51. The third kappa shape index (κ3) is 3.29. The zero-order valence-electron chi connectivity index (χ0n) is 11.8. The molecule has 0 aromatic heterocycles. The Morgan fingerprint density at radius 2 is 1.90 bits per heavy atom. The summed E-state index contributed by atoms with van der Waals surface area (Å²) >= 11 is 0. The molecule has 2 N–H and O–H groups in total. The fourth-order valence-electron chi connectivity index (χ4n) is 3.06. The molecular weight excluding hydrogens is 260 g/mol. The minimum atomic E-state index is -0.741. The number of carbonyl (C=O) groups is 3. The second kappa shape index (κ2) is 6.24. The van der Waals surface area contributed by atoms with Crippen LogP contribution in [0.5, 0.6) is 0 Å². The van der Waals surface area contributed by atoms with Crippen molar-refractivity contribution in [3.05, 3.63) is 0 Å². The molecule has 0 bridgehead atoms. The molecule has 0 radical (unpaired) electrons. The number of hydrogen-bond acceptors (Lipinski definition) is 3. The molecule has 6 nitrogen and oxygen atoms in total. The third-order valence-electron chi connectivity index (χ3n) is 4.39. The van der Waals surface area contributed by atoms with Gasteiger partial charge in [0.2, 0.25) is 11.8 Å². The molecule has 1 saturated carbocycles. The van der Waals surface area contributed by atoms with E-state index in [-0.39, 0.29) is 29.7 Å². The van der Waals surface area contributed by atoms with Crippen LogP contribution in [0.2, 0.25) is 0 Å². The molecule has 2 aliphatic rings. The number of hydrogen-bond donors (Lipinski definition) is 2. The molecule has 2 fully saturated rings. The van der Waals surface area contributed by atoms with Gasteiger partial charge < -0.3 is 15.3 Å². The van der Waals surface area contributed by atoms with Gasteiger partial charge in [0.1, 0.15) is 0 Å². The zero-order chi connectivity index (χ0) is 14.7. The van der Waals surface area contributed by atoms with E-state index in [1.54, 1.807) is 4.90 Å². The van der Waals surface area contributed by atoms with Gasteiger partial charge in [-0.1, -0.05) is 0 Å². The summed E-state index contributed by atoms with van der Waals surface area (Å²) in [5.41, 5.74) is 0. The number of nitrogens with one attached hydrogen (secondary N) is 1. The maximum atomic E-state index is 12.1. The molecule has 1 atom stereocenters. The maximum absolute atomic E-state index is 12.1. The van der Waals surface area contributed by atoms with Crippen LogP contribution >= 0.6 is 0 Å². The summed E-state index contributed by atoms with van der Waals surface area (Å²) in [6, 6.07) is 0.0591. The number of carboxylic acid groups (broad SMARTS) is 1. The Labute approximate surface area is 118 Å². The summed E-state index contributed by atoms with van der Waals surface area (Å²) in [4.78, 5) is 36.3. The predicted molar refractivity (Wildman–Crippen MR) is 71.9 cm³/mol. The lowest BCUT2D eigenvalue weighted by atomic mass is 9.86. The van der Waals surface area contributed by atoms with E-state index in [1.807, 2.05) is 6.92 Å². The van der Waals surface area contributed by atoms with Gasteiger partial charge in [0, 0.05) is 25.6 Å². The number of rotatable bonds is 4. The topological polar surface area (TPSA) is 86.7 Å². The standard InChI is InChI=1S/C14H22N2O4/c1-2-16-8-10(7-12(16)17)13(18)15-11-5-3-9(4-6-11)14(19)20/h9-11H,2-8H2,1H3,(H,15,18)(H,19,20). The third-order valence-corrected chi connectivity index (χ3v) is 4.39. The Hall–Kier alpha value is -1.59. The minimum absolute atomic E-state index is 0.0437. The molecular formula is C14H22N2O4. The van der Waals surface area contributed by atoms with Crippen LogP contribution in [0.3, 0.4) is 0 Å². The van der Waals surface area contributed by atoms with Gasteiger partial charge >= 0.3 is 5.97 Å². The summed E-state index contributed by atoms with van der Waals surface area (Å²) in [6.07, 6.45) is 2.95. The van der Waals surface area contributed by atoms with Crippen molar-refractivity contribution in [2.75, 3.05) is 13.1 Å². The molecule has 1 saturated heterocycles. The first kappa shape index (κ1) is 14.8. The Morgan fingerprint density at radius 3 is 2.40 bits per heavy atom. The first-order valence-electron chi connectivity index (χ1n) is 7.32. The quantitative estimate of drug-likeness (QED) is 0.791. The smallest absolute Gasteiger partial charge is 0.306 e. The maximum Gasteiger partial charge on any atom is 0.306 e. The van der Waals surface area contributed by atoms with E-state index in [0.717, 1.165) is 0 Å².